The SMILES string of the molecule is CC(C)(C)c1cn2c(C(C)(C)C)nnc2cn1. The smallest absolute Gasteiger partial charge is 0.179 e. The van der Waals surface area contributed by atoms with Gasteiger partial charge in [-0.3, -0.25) is 9.38 Å². The summed E-state index contributed by atoms with van der Waals surface area (Å²) in [5, 5.41) is 8.42. The zero-order valence-corrected chi connectivity index (χ0v) is 11.4. The van der Waals surface area contributed by atoms with Crippen LogP contribution in [0.2, 0.25) is 0 Å². The van der Waals surface area contributed by atoms with Crippen LogP contribution in [0.1, 0.15) is 53.1 Å². The van der Waals surface area contributed by atoms with Gasteiger partial charge in [0, 0.05) is 17.0 Å². The highest BCUT2D eigenvalue weighted by Gasteiger charge is 2.23. The van der Waals surface area contributed by atoms with Crippen LogP contribution in [0.25, 0.3) is 5.65 Å². The van der Waals surface area contributed by atoms with Crippen LogP contribution in [-0.4, -0.2) is 19.6 Å². The van der Waals surface area contributed by atoms with Crippen LogP contribution >= 0.6 is 0 Å². The largest absolute Gasteiger partial charge is 0.283 e. The van der Waals surface area contributed by atoms with E-state index in [-0.39, 0.29) is 10.8 Å². The van der Waals surface area contributed by atoms with Gasteiger partial charge in [0.1, 0.15) is 5.82 Å². The molecule has 2 aromatic heterocycles. The summed E-state index contributed by atoms with van der Waals surface area (Å²) in [7, 11) is 0. The molecule has 2 aromatic rings. The third-order valence-electron chi connectivity index (χ3n) is 2.73. The quantitative estimate of drug-likeness (QED) is 0.701. The van der Waals surface area contributed by atoms with Gasteiger partial charge in [0.2, 0.25) is 0 Å². The number of nitrogens with zero attached hydrogens (tertiary/aromatic N) is 4. The van der Waals surface area contributed by atoms with Crippen molar-refractivity contribution >= 4 is 5.65 Å². The summed E-state index contributed by atoms with van der Waals surface area (Å²) in [6, 6.07) is 0. The molecule has 0 saturated heterocycles. The van der Waals surface area contributed by atoms with E-state index in [1.807, 2.05) is 4.40 Å². The molecule has 0 atom stereocenters. The molecule has 0 aromatic carbocycles. The summed E-state index contributed by atoms with van der Waals surface area (Å²) < 4.78 is 2.05. The Hall–Kier alpha value is -1.45. The lowest BCUT2D eigenvalue weighted by molar-refractivity contribution is 0.530. The van der Waals surface area contributed by atoms with E-state index in [9.17, 15) is 0 Å². The van der Waals surface area contributed by atoms with E-state index >= 15 is 0 Å². The summed E-state index contributed by atoms with van der Waals surface area (Å²) in [6.07, 6.45) is 3.85. The Kier molecular flexibility index (Phi) is 2.49. The fraction of sp³-hybridized carbons (Fsp3) is 0.615. The van der Waals surface area contributed by atoms with E-state index < -0.39 is 0 Å². The Morgan fingerprint density at radius 3 is 2.12 bits per heavy atom. The second-order valence-corrected chi connectivity index (χ2v) is 6.52. The molecule has 0 N–H and O–H groups in total. The summed E-state index contributed by atoms with van der Waals surface area (Å²) in [6.45, 7) is 12.9. The maximum Gasteiger partial charge on any atom is 0.179 e. The molecule has 17 heavy (non-hydrogen) atoms. The highest BCUT2D eigenvalue weighted by Crippen LogP contribution is 2.24. The van der Waals surface area contributed by atoms with Gasteiger partial charge in [0.05, 0.1) is 11.9 Å². The minimum Gasteiger partial charge on any atom is -0.283 e. The van der Waals surface area contributed by atoms with Gasteiger partial charge in [0.25, 0.3) is 0 Å². The highest BCUT2D eigenvalue weighted by atomic mass is 15.3. The van der Waals surface area contributed by atoms with Gasteiger partial charge >= 0.3 is 0 Å². The van der Waals surface area contributed by atoms with E-state index in [0.717, 1.165) is 17.2 Å². The normalized spacial score (nSPS) is 13.3. The molecule has 92 valence electrons. The Morgan fingerprint density at radius 1 is 0.941 bits per heavy atom. The molecule has 0 amide bonds. The number of rotatable bonds is 0. The van der Waals surface area contributed by atoms with Gasteiger partial charge in [-0.15, -0.1) is 10.2 Å². The van der Waals surface area contributed by atoms with E-state index in [0.29, 0.717) is 0 Å². The van der Waals surface area contributed by atoms with Crippen LogP contribution < -0.4 is 0 Å². The van der Waals surface area contributed by atoms with Crippen LogP contribution in [0.4, 0.5) is 0 Å². The minimum absolute atomic E-state index is 0.0179. The van der Waals surface area contributed by atoms with Crippen LogP contribution in [-0.2, 0) is 10.8 Å². The number of aromatic nitrogens is 4. The van der Waals surface area contributed by atoms with Crippen LogP contribution in [0.3, 0.4) is 0 Å². The first-order valence-corrected chi connectivity index (χ1v) is 5.91. The molecule has 4 heteroatoms. The lowest BCUT2D eigenvalue weighted by atomic mass is 9.92. The predicted molar refractivity (Wildman–Crippen MR) is 68.2 cm³/mol. The first kappa shape index (κ1) is 12.0. The highest BCUT2D eigenvalue weighted by molar-refractivity contribution is 5.37. The summed E-state index contributed by atoms with van der Waals surface area (Å²) in [5.41, 5.74) is 1.88. The third-order valence-corrected chi connectivity index (χ3v) is 2.73. The van der Waals surface area contributed by atoms with Crippen LogP contribution in [0.15, 0.2) is 12.4 Å². The second-order valence-electron chi connectivity index (χ2n) is 6.52. The summed E-state index contributed by atoms with van der Waals surface area (Å²) in [4.78, 5) is 4.45. The van der Waals surface area contributed by atoms with E-state index in [1.165, 1.54) is 0 Å². The first-order chi connectivity index (χ1) is 7.69. The Labute approximate surface area is 102 Å². The molecule has 4 nitrogen and oxygen atoms in total. The van der Waals surface area contributed by atoms with Gasteiger partial charge in [0.15, 0.2) is 5.65 Å². The van der Waals surface area contributed by atoms with Gasteiger partial charge in [-0.1, -0.05) is 41.5 Å². The molecule has 2 rings (SSSR count). The van der Waals surface area contributed by atoms with Crippen molar-refractivity contribution in [3.63, 3.8) is 0 Å². The first-order valence-electron chi connectivity index (χ1n) is 5.91. The average Bonchev–Trinajstić information content (AvgIpc) is 2.57. The molecule has 0 saturated carbocycles. The predicted octanol–water partition coefficient (Wildman–Crippen LogP) is 2.72. The van der Waals surface area contributed by atoms with Crippen molar-refractivity contribution in [1.82, 2.24) is 19.6 Å². The minimum atomic E-state index is -0.0179. The van der Waals surface area contributed by atoms with Crippen molar-refractivity contribution in [2.75, 3.05) is 0 Å². The topological polar surface area (TPSA) is 43.1 Å². The van der Waals surface area contributed by atoms with E-state index in [1.54, 1.807) is 6.20 Å². The zero-order chi connectivity index (χ0) is 12.8. The molecular formula is C13H20N4. The van der Waals surface area contributed by atoms with Gasteiger partial charge in [-0.25, -0.2) is 0 Å². The van der Waals surface area contributed by atoms with Crippen molar-refractivity contribution in [2.24, 2.45) is 0 Å². The lowest BCUT2D eigenvalue weighted by Gasteiger charge is -2.19. The Balaban J connectivity index is 2.67. The lowest BCUT2D eigenvalue weighted by Crippen LogP contribution is -2.18. The number of hydrogen-bond acceptors (Lipinski definition) is 3. The fourth-order valence-electron chi connectivity index (χ4n) is 1.70. The molecule has 0 unspecified atom stereocenters. The van der Waals surface area contributed by atoms with Crippen molar-refractivity contribution in [2.45, 2.75) is 52.4 Å². The van der Waals surface area contributed by atoms with Crippen LogP contribution in [0.5, 0.6) is 0 Å². The molecular weight excluding hydrogens is 212 g/mol. The molecule has 0 fully saturated rings. The van der Waals surface area contributed by atoms with Crippen molar-refractivity contribution in [3.05, 3.63) is 23.9 Å². The third kappa shape index (κ3) is 2.16. The Bertz CT molecular complexity index is 541. The molecule has 0 spiro atoms. The summed E-state index contributed by atoms with van der Waals surface area (Å²) in [5.74, 6) is 0.973. The van der Waals surface area contributed by atoms with Crippen molar-refractivity contribution < 1.29 is 0 Å². The van der Waals surface area contributed by atoms with Crippen molar-refractivity contribution in [1.29, 1.82) is 0 Å². The van der Waals surface area contributed by atoms with E-state index in [2.05, 4.69) is 62.9 Å². The molecule has 0 bridgehead atoms. The Morgan fingerprint density at radius 2 is 1.59 bits per heavy atom. The monoisotopic (exact) mass is 232 g/mol. The molecule has 0 aliphatic carbocycles. The maximum atomic E-state index is 4.45. The average molecular weight is 232 g/mol. The van der Waals surface area contributed by atoms with Gasteiger partial charge in [-0.05, 0) is 0 Å². The van der Waals surface area contributed by atoms with E-state index in [4.69, 9.17) is 0 Å². The van der Waals surface area contributed by atoms with Crippen molar-refractivity contribution in [3.8, 4) is 0 Å². The molecule has 0 aliphatic heterocycles. The fourth-order valence-corrected chi connectivity index (χ4v) is 1.70. The van der Waals surface area contributed by atoms with Crippen LogP contribution in [0, 0.1) is 0 Å². The molecule has 0 radical (unpaired) electrons. The molecule has 0 aliphatic rings. The second kappa shape index (κ2) is 3.52. The zero-order valence-electron chi connectivity index (χ0n) is 11.4. The molecule has 2 heterocycles. The maximum absolute atomic E-state index is 4.45. The van der Waals surface area contributed by atoms with Gasteiger partial charge < -0.3 is 0 Å². The number of hydrogen-bond donors (Lipinski definition) is 0. The van der Waals surface area contributed by atoms with Gasteiger partial charge in [-0.2, -0.15) is 0 Å². The summed E-state index contributed by atoms with van der Waals surface area (Å²) >= 11 is 0. The standard InChI is InChI=1S/C13H20N4/c1-12(2,3)9-8-17-10(7-14-9)15-16-11(17)13(4,5)6/h7-8H,1-6H3. The number of fused-ring (bicyclic) bond motifs is 1.